The zero-order valence-corrected chi connectivity index (χ0v) is 12.8. The van der Waals surface area contributed by atoms with Gasteiger partial charge >= 0.3 is 5.97 Å². The van der Waals surface area contributed by atoms with Crippen LogP contribution in [-0.4, -0.2) is 38.2 Å². The van der Waals surface area contributed by atoms with E-state index in [-0.39, 0.29) is 29.9 Å². The highest BCUT2D eigenvalue weighted by atomic mass is 35.5. The number of nitrogens with one attached hydrogen (secondary N) is 1. The lowest BCUT2D eigenvalue weighted by Crippen LogP contribution is -2.40. The molecule has 1 aromatic heterocycles. The van der Waals surface area contributed by atoms with E-state index in [4.69, 9.17) is 21.1 Å². The Hall–Kier alpha value is -1.11. The van der Waals surface area contributed by atoms with Crippen molar-refractivity contribution in [2.24, 2.45) is 5.92 Å². The van der Waals surface area contributed by atoms with Crippen molar-refractivity contribution >= 4 is 34.8 Å². The molecular weight excluding hydrogens is 302 g/mol. The summed E-state index contributed by atoms with van der Waals surface area (Å²) in [6.07, 6.45) is 0.897. The fourth-order valence-corrected chi connectivity index (χ4v) is 3.39. The zero-order chi connectivity index (χ0) is 14.7. The first-order valence-electron chi connectivity index (χ1n) is 6.22. The monoisotopic (exact) mass is 317 g/mol. The SMILES string of the molecule is COC(=O)[C@@H]1C[C@H](NC(=O)c2ccc(Cl)s2)[C@@H](OC)C1. The Bertz CT molecular complexity index is 504. The van der Waals surface area contributed by atoms with Gasteiger partial charge in [0.1, 0.15) is 0 Å². The van der Waals surface area contributed by atoms with Gasteiger partial charge in [0.25, 0.3) is 5.91 Å². The molecule has 0 aliphatic heterocycles. The van der Waals surface area contributed by atoms with Crippen molar-refractivity contribution in [3.05, 3.63) is 21.3 Å². The number of amides is 1. The summed E-state index contributed by atoms with van der Waals surface area (Å²) < 4.78 is 10.7. The molecule has 1 aromatic rings. The van der Waals surface area contributed by atoms with Crippen molar-refractivity contribution in [3.8, 4) is 0 Å². The first-order chi connectivity index (χ1) is 9.55. The second-order valence-electron chi connectivity index (χ2n) is 4.65. The van der Waals surface area contributed by atoms with E-state index in [9.17, 15) is 9.59 Å². The third kappa shape index (κ3) is 3.31. The maximum Gasteiger partial charge on any atom is 0.308 e. The molecule has 5 nitrogen and oxygen atoms in total. The van der Waals surface area contributed by atoms with Crippen LogP contribution in [0.2, 0.25) is 4.34 Å². The molecule has 7 heteroatoms. The predicted octanol–water partition coefficient (Wildman–Crippen LogP) is 2.10. The minimum atomic E-state index is -0.261. The molecular formula is C13H16ClNO4S. The molecule has 0 saturated heterocycles. The summed E-state index contributed by atoms with van der Waals surface area (Å²) in [5.74, 6) is -0.690. The number of ether oxygens (including phenoxy) is 2. The number of halogens is 1. The number of hydrogen-bond acceptors (Lipinski definition) is 5. The van der Waals surface area contributed by atoms with E-state index in [1.807, 2.05) is 0 Å². The molecule has 20 heavy (non-hydrogen) atoms. The second kappa shape index (κ2) is 6.56. The van der Waals surface area contributed by atoms with Gasteiger partial charge < -0.3 is 14.8 Å². The van der Waals surface area contributed by atoms with Crippen LogP contribution in [0, 0.1) is 5.92 Å². The van der Waals surface area contributed by atoms with Gasteiger partial charge in [-0.3, -0.25) is 9.59 Å². The molecule has 0 radical (unpaired) electrons. The van der Waals surface area contributed by atoms with E-state index >= 15 is 0 Å². The molecule has 110 valence electrons. The predicted molar refractivity (Wildman–Crippen MR) is 76.1 cm³/mol. The Morgan fingerprint density at radius 2 is 2.10 bits per heavy atom. The number of carbonyl (C=O) groups excluding carboxylic acids is 2. The summed E-state index contributed by atoms with van der Waals surface area (Å²) in [5.41, 5.74) is 0. The normalized spacial score (nSPS) is 25.4. The van der Waals surface area contributed by atoms with Gasteiger partial charge in [-0.25, -0.2) is 0 Å². The van der Waals surface area contributed by atoms with Crippen LogP contribution in [0.5, 0.6) is 0 Å². The molecule has 0 bridgehead atoms. The van der Waals surface area contributed by atoms with Gasteiger partial charge in [0.05, 0.1) is 34.4 Å². The molecule has 0 unspecified atom stereocenters. The van der Waals surface area contributed by atoms with Gasteiger partial charge in [0, 0.05) is 7.11 Å². The lowest BCUT2D eigenvalue weighted by atomic mass is 10.1. The van der Waals surface area contributed by atoms with Crippen LogP contribution in [0.25, 0.3) is 0 Å². The van der Waals surface area contributed by atoms with Crippen molar-refractivity contribution in [2.75, 3.05) is 14.2 Å². The summed E-state index contributed by atoms with van der Waals surface area (Å²) in [4.78, 5) is 24.2. The Kier molecular flexibility index (Phi) is 5.01. The van der Waals surface area contributed by atoms with E-state index in [1.165, 1.54) is 18.4 Å². The molecule has 0 aromatic carbocycles. The third-order valence-corrected chi connectivity index (χ3v) is 4.68. The third-order valence-electron chi connectivity index (χ3n) is 3.45. The van der Waals surface area contributed by atoms with Crippen LogP contribution in [0.15, 0.2) is 12.1 Å². The van der Waals surface area contributed by atoms with Gasteiger partial charge in [0.2, 0.25) is 0 Å². The quantitative estimate of drug-likeness (QED) is 0.864. The number of carbonyl (C=O) groups is 2. The Labute approximate surface area is 126 Å². The molecule has 1 amide bonds. The van der Waals surface area contributed by atoms with Gasteiger partial charge in [-0.15, -0.1) is 11.3 Å². The van der Waals surface area contributed by atoms with Crippen LogP contribution in [-0.2, 0) is 14.3 Å². The van der Waals surface area contributed by atoms with Gasteiger partial charge in [0.15, 0.2) is 0 Å². The summed E-state index contributed by atoms with van der Waals surface area (Å²) in [5, 5.41) is 2.90. The number of rotatable bonds is 4. The fraction of sp³-hybridized carbons (Fsp3) is 0.538. The van der Waals surface area contributed by atoms with E-state index in [1.54, 1.807) is 19.2 Å². The standard InChI is InChI=1S/C13H16ClNO4S/c1-18-9-6-7(13(17)19-2)5-8(9)15-12(16)10-3-4-11(14)20-10/h3-4,7-9H,5-6H2,1-2H3,(H,15,16)/t7-,8+,9+/m1/s1. The van der Waals surface area contributed by atoms with Crippen LogP contribution in [0.4, 0.5) is 0 Å². The highest BCUT2D eigenvalue weighted by Gasteiger charge is 2.39. The maximum absolute atomic E-state index is 12.1. The first-order valence-corrected chi connectivity index (χ1v) is 7.41. The van der Waals surface area contributed by atoms with Crippen LogP contribution < -0.4 is 5.32 Å². The Balaban J connectivity index is 2.00. The number of hydrogen-bond donors (Lipinski definition) is 1. The van der Waals surface area contributed by atoms with Crippen molar-refractivity contribution < 1.29 is 19.1 Å². The first kappa shape index (κ1) is 15.3. The van der Waals surface area contributed by atoms with Crippen LogP contribution >= 0.6 is 22.9 Å². The Morgan fingerprint density at radius 3 is 2.65 bits per heavy atom. The van der Waals surface area contributed by atoms with E-state index < -0.39 is 0 Å². The van der Waals surface area contributed by atoms with E-state index in [2.05, 4.69) is 5.32 Å². The van der Waals surface area contributed by atoms with Gasteiger partial charge in [-0.1, -0.05) is 11.6 Å². The topological polar surface area (TPSA) is 64.6 Å². The van der Waals surface area contributed by atoms with Crippen LogP contribution in [0.3, 0.4) is 0 Å². The van der Waals surface area contributed by atoms with E-state index in [0.717, 1.165) is 0 Å². The zero-order valence-electron chi connectivity index (χ0n) is 11.2. The molecule has 1 aliphatic carbocycles. The van der Waals surface area contributed by atoms with Crippen molar-refractivity contribution in [3.63, 3.8) is 0 Å². The fourth-order valence-electron chi connectivity index (χ4n) is 2.45. The van der Waals surface area contributed by atoms with Crippen molar-refractivity contribution in [1.82, 2.24) is 5.32 Å². The van der Waals surface area contributed by atoms with E-state index in [0.29, 0.717) is 22.1 Å². The minimum Gasteiger partial charge on any atom is -0.469 e. The average Bonchev–Trinajstić information content (AvgIpc) is 3.04. The maximum atomic E-state index is 12.1. The van der Waals surface area contributed by atoms with Gasteiger partial charge in [-0.2, -0.15) is 0 Å². The number of esters is 1. The molecule has 1 fully saturated rings. The summed E-state index contributed by atoms with van der Waals surface area (Å²) in [7, 11) is 2.94. The lowest BCUT2D eigenvalue weighted by Gasteiger charge is -2.18. The summed E-state index contributed by atoms with van der Waals surface area (Å²) in [6.45, 7) is 0. The summed E-state index contributed by atoms with van der Waals surface area (Å²) in [6, 6.07) is 3.16. The molecule has 1 N–H and O–H groups in total. The lowest BCUT2D eigenvalue weighted by molar-refractivity contribution is -0.145. The molecule has 3 atom stereocenters. The van der Waals surface area contributed by atoms with Crippen molar-refractivity contribution in [1.29, 1.82) is 0 Å². The molecule has 1 aliphatic rings. The largest absolute Gasteiger partial charge is 0.469 e. The minimum absolute atomic E-state index is 0.182. The summed E-state index contributed by atoms with van der Waals surface area (Å²) >= 11 is 7.03. The number of methoxy groups -OCH3 is 2. The van der Waals surface area contributed by atoms with Crippen LogP contribution in [0.1, 0.15) is 22.5 Å². The smallest absolute Gasteiger partial charge is 0.308 e. The van der Waals surface area contributed by atoms with Crippen molar-refractivity contribution in [2.45, 2.75) is 25.0 Å². The molecule has 1 saturated carbocycles. The number of thiophene rings is 1. The molecule has 2 rings (SSSR count). The molecule has 1 heterocycles. The highest BCUT2D eigenvalue weighted by molar-refractivity contribution is 7.17. The molecule has 0 spiro atoms. The Morgan fingerprint density at radius 1 is 1.35 bits per heavy atom. The van der Waals surface area contributed by atoms with Gasteiger partial charge in [-0.05, 0) is 25.0 Å². The second-order valence-corrected chi connectivity index (χ2v) is 6.36. The average molecular weight is 318 g/mol. The highest BCUT2D eigenvalue weighted by Crippen LogP contribution is 2.30.